The molecule has 0 saturated heterocycles. The van der Waals surface area contributed by atoms with Gasteiger partial charge in [-0.3, -0.25) is 9.78 Å². The molecule has 0 fully saturated rings. The SMILES string of the molecule is CSc1ccc2c(c1)c(O)c(-c1nccc3ccccc13)c(=O)n2C. The van der Waals surface area contributed by atoms with Gasteiger partial charge in [0.2, 0.25) is 0 Å². The van der Waals surface area contributed by atoms with E-state index in [2.05, 4.69) is 4.98 Å². The Bertz CT molecular complexity index is 1180. The Labute approximate surface area is 148 Å². The van der Waals surface area contributed by atoms with Crippen molar-refractivity contribution in [2.45, 2.75) is 4.90 Å². The molecule has 0 unspecified atom stereocenters. The highest BCUT2D eigenvalue weighted by molar-refractivity contribution is 7.98. The third kappa shape index (κ3) is 2.39. The Balaban J connectivity index is 2.16. The minimum atomic E-state index is -0.259. The monoisotopic (exact) mass is 348 g/mol. The predicted molar refractivity (Wildman–Crippen MR) is 103 cm³/mol. The predicted octanol–water partition coefficient (Wildman–Crippen LogP) is 4.18. The van der Waals surface area contributed by atoms with E-state index in [9.17, 15) is 9.90 Å². The molecule has 124 valence electrons. The number of pyridine rings is 2. The van der Waals surface area contributed by atoms with Crippen LogP contribution in [0.4, 0.5) is 0 Å². The van der Waals surface area contributed by atoms with Gasteiger partial charge in [0.1, 0.15) is 11.3 Å². The van der Waals surface area contributed by atoms with Crippen molar-refractivity contribution in [3.63, 3.8) is 0 Å². The van der Waals surface area contributed by atoms with Gasteiger partial charge < -0.3 is 9.67 Å². The van der Waals surface area contributed by atoms with Crippen molar-refractivity contribution in [2.24, 2.45) is 7.05 Å². The van der Waals surface area contributed by atoms with Crippen LogP contribution in [0.5, 0.6) is 5.75 Å². The number of benzene rings is 2. The summed E-state index contributed by atoms with van der Waals surface area (Å²) in [5, 5.41) is 13.4. The largest absolute Gasteiger partial charge is 0.506 e. The average molecular weight is 348 g/mol. The molecule has 4 nitrogen and oxygen atoms in total. The first kappa shape index (κ1) is 15.7. The average Bonchev–Trinajstić information content (AvgIpc) is 2.66. The third-order valence-electron chi connectivity index (χ3n) is 4.49. The lowest BCUT2D eigenvalue weighted by Gasteiger charge is -2.13. The lowest BCUT2D eigenvalue weighted by molar-refractivity contribution is 0.481. The number of aromatic nitrogens is 2. The first-order valence-electron chi connectivity index (χ1n) is 7.85. The maximum Gasteiger partial charge on any atom is 0.264 e. The molecule has 0 bridgehead atoms. The highest BCUT2D eigenvalue weighted by atomic mass is 32.2. The zero-order valence-electron chi connectivity index (χ0n) is 13.9. The maximum atomic E-state index is 13.0. The van der Waals surface area contributed by atoms with Crippen LogP contribution >= 0.6 is 11.8 Å². The molecule has 4 rings (SSSR count). The van der Waals surface area contributed by atoms with E-state index < -0.39 is 0 Å². The fraction of sp³-hybridized carbons (Fsp3) is 0.100. The summed E-state index contributed by atoms with van der Waals surface area (Å²) < 4.78 is 1.57. The summed E-state index contributed by atoms with van der Waals surface area (Å²) in [7, 11) is 1.72. The number of rotatable bonds is 2. The molecule has 2 aromatic heterocycles. The number of thioether (sulfide) groups is 1. The first-order chi connectivity index (χ1) is 12.1. The smallest absolute Gasteiger partial charge is 0.264 e. The van der Waals surface area contributed by atoms with Gasteiger partial charge in [0.25, 0.3) is 5.56 Å². The van der Waals surface area contributed by atoms with Crippen molar-refractivity contribution in [2.75, 3.05) is 6.26 Å². The van der Waals surface area contributed by atoms with Crippen molar-refractivity contribution in [3.8, 4) is 17.0 Å². The van der Waals surface area contributed by atoms with Crippen LogP contribution in [0.2, 0.25) is 0 Å². The highest BCUT2D eigenvalue weighted by Gasteiger charge is 2.19. The fourth-order valence-corrected chi connectivity index (χ4v) is 3.61. The minimum Gasteiger partial charge on any atom is -0.506 e. The van der Waals surface area contributed by atoms with Gasteiger partial charge in [0.05, 0.1) is 11.2 Å². The molecule has 4 aromatic rings. The molecule has 0 amide bonds. The van der Waals surface area contributed by atoms with E-state index in [1.165, 1.54) is 0 Å². The Morgan fingerprint density at radius 2 is 1.88 bits per heavy atom. The second-order valence-electron chi connectivity index (χ2n) is 5.85. The van der Waals surface area contributed by atoms with E-state index in [4.69, 9.17) is 0 Å². The molecule has 0 saturated carbocycles. The maximum absolute atomic E-state index is 13.0. The molecule has 0 aliphatic heterocycles. The van der Waals surface area contributed by atoms with Crippen LogP contribution in [0.3, 0.4) is 0 Å². The van der Waals surface area contributed by atoms with E-state index in [0.29, 0.717) is 16.6 Å². The number of hydrogen-bond acceptors (Lipinski definition) is 4. The molecule has 2 heterocycles. The molecule has 2 aromatic carbocycles. The standard InChI is InChI=1S/C20H16N2O2S/c1-22-16-8-7-13(25-2)11-15(16)19(23)17(20(22)24)18-14-6-4-3-5-12(14)9-10-21-18/h3-11,23H,1-2H3. The van der Waals surface area contributed by atoms with Gasteiger partial charge in [-0.1, -0.05) is 24.3 Å². The molecule has 25 heavy (non-hydrogen) atoms. The minimum absolute atomic E-state index is 0.0159. The van der Waals surface area contributed by atoms with Crippen molar-refractivity contribution >= 4 is 33.4 Å². The number of fused-ring (bicyclic) bond motifs is 2. The van der Waals surface area contributed by atoms with Gasteiger partial charge in [0, 0.05) is 28.9 Å². The van der Waals surface area contributed by atoms with Crippen molar-refractivity contribution in [1.82, 2.24) is 9.55 Å². The lowest BCUT2D eigenvalue weighted by atomic mass is 10.0. The van der Waals surface area contributed by atoms with Crippen molar-refractivity contribution in [3.05, 3.63) is 65.1 Å². The molecule has 0 spiro atoms. The normalized spacial score (nSPS) is 11.3. The van der Waals surface area contributed by atoms with E-state index >= 15 is 0 Å². The topological polar surface area (TPSA) is 55.1 Å². The van der Waals surface area contributed by atoms with Gasteiger partial charge in [-0.05, 0) is 35.9 Å². The van der Waals surface area contributed by atoms with Crippen LogP contribution in [-0.4, -0.2) is 20.9 Å². The number of aromatic hydroxyl groups is 1. The first-order valence-corrected chi connectivity index (χ1v) is 9.08. The van der Waals surface area contributed by atoms with Crippen molar-refractivity contribution < 1.29 is 5.11 Å². The molecular weight excluding hydrogens is 332 g/mol. The number of hydrogen-bond donors (Lipinski definition) is 1. The van der Waals surface area contributed by atoms with Crippen LogP contribution in [-0.2, 0) is 7.05 Å². The molecule has 0 aliphatic rings. The molecule has 5 heteroatoms. The van der Waals surface area contributed by atoms with E-state index in [-0.39, 0.29) is 16.9 Å². The van der Waals surface area contributed by atoms with E-state index in [1.54, 1.807) is 29.6 Å². The molecule has 1 N–H and O–H groups in total. The molecule has 0 aliphatic carbocycles. The summed E-state index contributed by atoms with van der Waals surface area (Å²) in [4.78, 5) is 18.4. The third-order valence-corrected chi connectivity index (χ3v) is 5.21. The van der Waals surface area contributed by atoms with Gasteiger partial charge >= 0.3 is 0 Å². The summed E-state index contributed by atoms with van der Waals surface area (Å²) in [5.41, 5.74) is 1.19. The van der Waals surface area contributed by atoms with Crippen LogP contribution in [0.15, 0.2) is 64.4 Å². The summed E-state index contributed by atoms with van der Waals surface area (Å²) >= 11 is 1.59. The molecule has 0 atom stereocenters. The number of aryl methyl sites for hydroxylation is 1. The number of nitrogens with zero attached hydrogens (tertiary/aromatic N) is 2. The van der Waals surface area contributed by atoms with E-state index in [0.717, 1.165) is 15.7 Å². The summed E-state index contributed by atoms with van der Waals surface area (Å²) in [6, 6.07) is 15.3. The van der Waals surface area contributed by atoms with Crippen molar-refractivity contribution in [1.29, 1.82) is 0 Å². The zero-order valence-corrected chi connectivity index (χ0v) is 14.7. The fourth-order valence-electron chi connectivity index (χ4n) is 3.17. The molecular formula is C20H16N2O2S. The summed E-state index contributed by atoms with van der Waals surface area (Å²) in [6.45, 7) is 0. The Morgan fingerprint density at radius 1 is 1.08 bits per heavy atom. The van der Waals surface area contributed by atoms with Gasteiger partial charge in [0.15, 0.2) is 0 Å². The van der Waals surface area contributed by atoms with Crippen LogP contribution in [0.25, 0.3) is 32.9 Å². The Hall–Kier alpha value is -2.79. The zero-order chi connectivity index (χ0) is 17.6. The summed E-state index contributed by atoms with van der Waals surface area (Å²) in [5.74, 6) is -0.0159. The summed E-state index contributed by atoms with van der Waals surface area (Å²) in [6.07, 6.45) is 3.65. The van der Waals surface area contributed by atoms with Gasteiger partial charge in [-0.15, -0.1) is 11.8 Å². The van der Waals surface area contributed by atoms with E-state index in [1.807, 2.05) is 54.8 Å². The Kier molecular flexibility index (Phi) is 3.73. The van der Waals surface area contributed by atoms with Crippen LogP contribution < -0.4 is 5.56 Å². The second-order valence-corrected chi connectivity index (χ2v) is 6.73. The highest BCUT2D eigenvalue weighted by Crippen LogP contribution is 2.36. The van der Waals surface area contributed by atoms with Gasteiger partial charge in [-0.2, -0.15) is 0 Å². The Morgan fingerprint density at radius 3 is 2.68 bits per heavy atom. The van der Waals surface area contributed by atoms with Crippen LogP contribution in [0, 0.1) is 0 Å². The quantitative estimate of drug-likeness (QED) is 0.552. The molecule has 0 radical (unpaired) electrons. The lowest BCUT2D eigenvalue weighted by Crippen LogP contribution is -2.19. The van der Waals surface area contributed by atoms with Crippen LogP contribution in [0.1, 0.15) is 0 Å². The second kappa shape index (κ2) is 5.93. The van der Waals surface area contributed by atoms with Gasteiger partial charge in [-0.25, -0.2) is 0 Å².